The second-order valence-electron chi connectivity index (χ2n) is 4.14. The van der Waals surface area contributed by atoms with Crippen molar-refractivity contribution in [1.82, 2.24) is 0 Å². The topological polar surface area (TPSA) is 29.3 Å². The molecule has 4 heteroatoms. The highest BCUT2D eigenvalue weighted by Gasteiger charge is 2.09. The molecule has 2 aromatic carbocycles. The SMILES string of the molecule is CN(Cc1c(N)cccc1Cl)c1cccc(F)c1. The van der Waals surface area contributed by atoms with Crippen LogP contribution in [0.25, 0.3) is 0 Å². The van der Waals surface area contributed by atoms with Gasteiger partial charge in [0, 0.05) is 35.6 Å². The van der Waals surface area contributed by atoms with E-state index < -0.39 is 0 Å². The molecule has 0 aliphatic carbocycles. The van der Waals surface area contributed by atoms with Crippen molar-refractivity contribution in [3.05, 3.63) is 58.9 Å². The molecule has 0 saturated heterocycles. The van der Waals surface area contributed by atoms with Crippen LogP contribution in [0, 0.1) is 5.82 Å². The van der Waals surface area contributed by atoms with Crippen LogP contribution in [0.4, 0.5) is 15.8 Å². The van der Waals surface area contributed by atoms with Gasteiger partial charge in [0.05, 0.1) is 0 Å². The van der Waals surface area contributed by atoms with Gasteiger partial charge in [0.2, 0.25) is 0 Å². The van der Waals surface area contributed by atoms with Gasteiger partial charge in [0.1, 0.15) is 5.82 Å². The lowest BCUT2D eigenvalue weighted by Crippen LogP contribution is -2.17. The first-order valence-corrected chi connectivity index (χ1v) is 5.95. The van der Waals surface area contributed by atoms with Gasteiger partial charge in [-0.3, -0.25) is 0 Å². The molecule has 0 aliphatic rings. The third kappa shape index (κ3) is 2.74. The van der Waals surface area contributed by atoms with E-state index in [0.29, 0.717) is 17.3 Å². The number of hydrogen-bond donors (Lipinski definition) is 1. The first-order chi connectivity index (χ1) is 8.58. The van der Waals surface area contributed by atoms with Gasteiger partial charge in [-0.25, -0.2) is 4.39 Å². The smallest absolute Gasteiger partial charge is 0.125 e. The van der Waals surface area contributed by atoms with Crippen LogP contribution in [0.1, 0.15) is 5.56 Å². The first kappa shape index (κ1) is 12.7. The predicted molar refractivity (Wildman–Crippen MR) is 74.4 cm³/mol. The summed E-state index contributed by atoms with van der Waals surface area (Å²) in [4.78, 5) is 1.90. The fourth-order valence-electron chi connectivity index (χ4n) is 1.78. The Balaban J connectivity index is 2.24. The normalized spacial score (nSPS) is 10.4. The van der Waals surface area contributed by atoms with Crippen LogP contribution in [0.15, 0.2) is 42.5 Å². The lowest BCUT2D eigenvalue weighted by molar-refractivity contribution is 0.627. The lowest BCUT2D eigenvalue weighted by atomic mass is 10.1. The van der Waals surface area contributed by atoms with E-state index in [0.717, 1.165) is 11.3 Å². The van der Waals surface area contributed by atoms with Gasteiger partial charge in [-0.15, -0.1) is 0 Å². The van der Waals surface area contributed by atoms with E-state index in [-0.39, 0.29) is 5.82 Å². The number of nitrogens with zero attached hydrogens (tertiary/aromatic N) is 1. The molecule has 0 saturated carbocycles. The number of benzene rings is 2. The molecule has 0 unspecified atom stereocenters. The van der Waals surface area contributed by atoms with Crippen molar-refractivity contribution in [1.29, 1.82) is 0 Å². The molecule has 0 heterocycles. The zero-order valence-corrected chi connectivity index (χ0v) is 10.8. The summed E-state index contributed by atoms with van der Waals surface area (Å²) >= 11 is 6.11. The summed E-state index contributed by atoms with van der Waals surface area (Å²) in [5.74, 6) is -0.258. The van der Waals surface area contributed by atoms with Crippen molar-refractivity contribution in [3.63, 3.8) is 0 Å². The molecule has 2 aromatic rings. The van der Waals surface area contributed by atoms with Crippen LogP contribution in [0.2, 0.25) is 5.02 Å². The number of nitrogens with two attached hydrogens (primary N) is 1. The zero-order valence-electron chi connectivity index (χ0n) is 10.0. The summed E-state index contributed by atoms with van der Waals surface area (Å²) in [5.41, 5.74) is 8.18. The third-order valence-corrected chi connectivity index (χ3v) is 3.15. The number of hydrogen-bond acceptors (Lipinski definition) is 2. The van der Waals surface area contributed by atoms with Crippen LogP contribution < -0.4 is 10.6 Å². The minimum atomic E-state index is -0.258. The van der Waals surface area contributed by atoms with E-state index in [1.54, 1.807) is 18.2 Å². The Morgan fingerprint density at radius 1 is 1.22 bits per heavy atom. The highest BCUT2D eigenvalue weighted by molar-refractivity contribution is 6.31. The number of anilines is 2. The summed E-state index contributed by atoms with van der Waals surface area (Å²) < 4.78 is 13.1. The Labute approximate surface area is 111 Å². The fourth-order valence-corrected chi connectivity index (χ4v) is 2.03. The van der Waals surface area contributed by atoms with Crippen molar-refractivity contribution >= 4 is 23.0 Å². The van der Waals surface area contributed by atoms with Gasteiger partial charge in [0.25, 0.3) is 0 Å². The molecule has 0 amide bonds. The molecule has 0 atom stereocenters. The van der Waals surface area contributed by atoms with Crippen molar-refractivity contribution < 1.29 is 4.39 Å². The summed E-state index contributed by atoms with van der Waals surface area (Å²) in [5, 5.41) is 0.623. The van der Waals surface area contributed by atoms with E-state index in [1.165, 1.54) is 12.1 Å². The summed E-state index contributed by atoms with van der Waals surface area (Å²) in [6, 6.07) is 11.8. The lowest BCUT2D eigenvalue weighted by Gasteiger charge is -2.21. The maximum absolute atomic E-state index is 13.1. The Morgan fingerprint density at radius 3 is 2.61 bits per heavy atom. The van der Waals surface area contributed by atoms with Crippen molar-refractivity contribution in [2.45, 2.75) is 6.54 Å². The van der Waals surface area contributed by atoms with Crippen molar-refractivity contribution in [3.8, 4) is 0 Å². The maximum atomic E-state index is 13.1. The zero-order chi connectivity index (χ0) is 13.1. The van der Waals surface area contributed by atoms with Crippen LogP contribution in [-0.2, 0) is 6.54 Å². The molecule has 2 rings (SSSR count). The molecule has 0 spiro atoms. The van der Waals surface area contributed by atoms with E-state index in [2.05, 4.69) is 0 Å². The van der Waals surface area contributed by atoms with Gasteiger partial charge >= 0.3 is 0 Å². The number of nitrogen functional groups attached to an aromatic ring is 1. The fraction of sp³-hybridized carbons (Fsp3) is 0.143. The Hall–Kier alpha value is -1.74. The minimum absolute atomic E-state index is 0.258. The van der Waals surface area contributed by atoms with Crippen LogP contribution in [0.5, 0.6) is 0 Å². The first-order valence-electron chi connectivity index (χ1n) is 5.57. The molecular formula is C14H14ClFN2. The monoisotopic (exact) mass is 264 g/mol. The van der Waals surface area contributed by atoms with Gasteiger partial charge < -0.3 is 10.6 Å². The third-order valence-electron chi connectivity index (χ3n) is 2.80. The van der Waals surface area contributed by atoms with Gasteiger partial charge in [-0.1, -0.05) is 23.7 Å². The van der Waals surface area contributed by atoms with E-state index >= 15 is 0 Å². The predicted octanol–water partition coefficient (Wildman–Crippen LogP) is 3.70. The molecule has 0 aromatic heterocycles. The van der Waals surface area contributed by atoms with Crippen molar-refractivity contribution in [2.75, 3.05) is 17.7 Å². The van der Waals surface area contributed by atoms with Crippen LogP contribution in [0.3, 0.4) is 0 Å². The average Bonchev–Trinajstić information content (AvgIpc) is 2.34. The highest BCUT2D eigenvalue weighted by Crippen LogP contribution is 2.25. The molecule has 94 valence electrons. The van der Waals surface area contributed by atoms with Gasteiger partial charge in [-0.2, -0.15) is 0 Å². The Bertz CT molecular complexity index is 537. The van der Waals surface area contributed by atoms with Crippen molar-refractivity contribution in [2.24, 2.45) is 0 Å². The maximum Gasteiger partial charge on any atom is 0.125 e. The largest absolute Gasteiger partial charge is 0.398 e. The molecule has 2 N–H and O–H groups in total. The van der Waals surface area contributed by atoms with E-state index in [4.69, 9.17) is 17.3 Å². The molecule has 2 nitrogen and oxygen atoms in total. The molecule has 0 aliphatic heterocycles. The molecule has 18 heavy (non-hydrogen) atoms. The number of rotatable bonds is 3. The summed E-state index contributed by atoms with van der Waals surface area (Å²) in [6.45, 7) is 0.537. The summed E-state index contributed by atoms with van der Waals surface area (Å²) in [7, 11) is 1.87. The Morgan fingerprint density at radius 2 is 1.94 bits per heavy atom. The second kappa shape index (κ2) is 5.27. The highest BCUT2D eigenvalue weighted by atomic mass is 35.5. The molecule has 0 bridgehead atoms. The standard InChI is InChI=1S/C14H14ClFN2/c1-18(11-5-2-4-10(16)8-11)9-12-13(15)6-3-7-14(12)17/h2-8H,9,17H2,1H3. The second-order valence-corrected chi connectivity index (χ2v) is 4.55. The molecule has 0 fully saturated rings. The van der Waals surface area contributed by atoms with E-state index in [1.807, 2.05) is 24.1 Å². The molecule has 0 radical (unpaired) electrons. The van der Waals surface area contributed by atoms with Gasteiger partial charge in [-0.05, 0) is 30.3 Å². The molecular weight excluding hydrogens is 251 g/mol. The summed E-state index contributed by atoms with van der Waals surface area (Å²) in [6.07, 6.45) is 0. The van der Waals surface area contributed by atoms with Crippen LogP contribution in [-0.4, -0.2) is 7.05 Å². The van der Waals surface area contributed by atoms with Crippen LogP contribution >= 0.6 is 11.6 Å². The van der Waals surface area contributed by atoms with E-state index in [9.17, 15) is 4.39 Å². The van der Waals surface area contributed by atoms with Gasteiger partial charge in [0.15, 0.2) is 0 Å². The quantitative estimate of drug-likeness (QED) is 0.857. The Kier molecular flexibility index (Phi) is 3.72. The number of halogens is 2. The minimum Gasteiger partial charge on any atom is -0.398 e. The average molecular weight is 265 g/mol.